The molecule has 0 unspecified atom stereocenters. The van der Waals surface area contributed by atoms with Crippen molar-refractivity contribution >= 4 is 44.6 Å². The van der Waals surface area contributed by atoms with E-state index in [1.807, 2.05) is 42.5 Å². The van der Waals surface area contributed by atoms with Gasteiger partial charge in [-0.3, -0.25) is 9.59 Å². The van der Waals surface area contributed by atoms with Crippen molar-refractivity contribution in [3.05, 3.63) is 70.7 Å². The largest absolute Gasteiger partial charge is 0.480 e. The molecule has 4 nitrogen and oxygen atoms in total. The van der Waals surface area contributed by atoms with E-state index in [-0.39, 0.29) is 5.91 Å². The first-order valence-corrected chi connectivity index (χ1v) is 8.58. The first-order valence-electron chi connectivity index (χ1n) is 7.78. The van der Waals surface area contributed by atoms with Gasteiger partial charge in [-0.15, -0.1) is 0 Å². The number of ether oxygens (including phenoxy) is 1. The summed E-state index contributed by atoms with van der Waals surface area (Å²) in [6.07, 6.45) is -0.0473. The smallest absolute Gasteiger partial charge is 0.265 e. The maximum atomic E-state index is 12.5. The van der Waals surface area contributed by atoms with Crippen LogP contribution in [0.1, 0.15) is 17.3 Å². The number of aldehydes is 1. The monoisotopic (exact) mass is 397 g/mol. The van der Waals surface area contributed by atoms with Crippen molar-refractivity contribution in [2.75, 3.05) is 5.32 Å². The lowest BCUT2D eigenvalue weighted by atomic mass is 10.1. The molecule has 3 aromatic carbocycles. The number of nitrogens with one attached hydrogen (secondary N) is 1. The quantitative estimate of drug-likeness (QED) is 0.627. The van der Waals surface area contributed by atoms with Gasteiger partial charge in [0.25, 0.3) is 5.91 Å². The Bertz CT molecular complexity index is 934. The van der Waals surface area contributed by atoms with Crippen LogP contribution >= 0.6 is 15.9 Å². The maximum Gasteiger partial charge on any atom is 0.265 e. The molecular weight excluding hydrogens is 382 g/mol. The minimum absolute atomic E-state index is 0.281. The predicted molar refractivity (Wildman–Crippen MR) is 102 cm³/mol. The SMILES string of the molecule is C[C@@H](Oc1ccc(Br)cc1C=O)C(=O)Nc1cccc2ccccc12. The Labute approximate surface area is 153 Å². The number of carbonyl (C=O) groups is 2. The van der Waals surface area contributed by atoms with E-state index < -0.39 is 6.10 Å². The third-order valence-corrected chi connectivity index (χ3v) is 4.31. The molecular formula is C20H16BrNO3. The molecule has 1 N–H and O–H groups in total. The Morgan fingerprint density at radius 1 is 1.12 bits per heavy atom. The topological polar surface area (TPSA) is 55.4 Å². The van der Waals surface area contributed by atoms with Crippen molar-refractivity contribution in [1.29, 1.82) is 0 Å². The Morgan fingerprint density at radius 3 is 2.68 bits per heavy atom. The summed E-state index contributed by atoms with van der Waals surface area (Å²) in [6.45, 7) is 1.65. The Morgan fingerprint density at radius 2 is 1.88 bits per heavy atom. The van der Waals surface area contributed by atoms with E-state index in [1.165, 1.54) is 0 Å². The number of fused-ring (bicyclic) bond motifs is 1. The summed E-state index contributed by atoms with van der Waals surface area (Å²) in [5, 5.41) is 4.90. The van der Waals surface area contributed by atoms with Crippen LogP contribution in [0.3, 0.4) is 0 Å². The van der Waals surface area contributed by atoms with Gasteiger partial charge < -0.3 is 10.1 Å². The second kappa shape index (κ2) is 7.49. The maximum absolute atomic E-state index is 12.5. The standard InChI is InChI=1S/C20H16BrNO3/c1-13(25-19-10-9-16(21)11-15(19)12-23)20(24)22-18-8-4-6-14-5-2-3-7-17(14)18/h2-13H,1H3,(H,22,24)/t13-/m1/s1. The van der Waals surface area contributed by atoms with E-state index in [0.717, 1.165) is 20.9 Å². The molecule has 0 radical (unpaired) electrons. The van der Waals surface area contributed by atoms with Gasteiger partial charge in [0, 0.05) is 15.5 Å². The summed E-state index contributed by atoms with van der Waals surface area (Å²) in [5.74, 6) is 0.0925. The summed E-state index contributed by atoms with van der Waals surface area (Å²) in [5.41, 5.74) is 1.11. The lowest BCUT2D eigenvalue weighted by Crippen LogP contribution is -2.30. The van der Waals surface area contributed by atoms with Crippen molar-refractivity contribution in [2.45, 2.75) is 13.0 Å². The molecule has 0 spiro atoms. The molecule has 0 aliphatic rings. The molecule has 0 fully saturated rings. The highest BCUT2D eigenvalue weighted by atomic mass is 79.9. The Hall–Kier alpha value is -2.66. The van der Waals surface area contributed by atoms with Crippen LogP contribution in [0, 0.1) is 0 Å². The molecule has 0 aromatic heterocycles. The number of rotatable bonds is 5. The lowest BCUT2D eigenvalue weighted by molar-refractivity contribution is -0.122. The van der Waals surface area contributed by atoms with Gasteiger partial charge in [0.1, 0.15) is 5.75 Å². The van der Waals surface area contributed by atoms with Crippen LogP contribution in [0.2, 0.25) is 0 Å². The zero-order valence-corrected chi connectivity index (χ0v) is 15.1. The second-order valence-electron chi connectivity index (χ2n) is 5.58. The highest BCUT2D eigenvalue weighted by Crippen LogP contribution is 2.25. The lowest BCUT2D eigenvalue weighted by Gasteiger charge is -2.17. The molecule has 0 aliphatic carbocycles. The van der Waals surface area contributed by atoms with Crippen LogP contribution in [0.15, 0.2) is 65.1 Å². The van der Waals surface area contributed by atoms with Crippen molar-refractivity contribution in [3.8, 4) is 5.75 Å². The number of hydrogen-bond donors (Lipinski definition) is 1. The van der Waals surface area contributed by atoms with E-state index in [9.17, 15) is 9.59 Å². The normalized spacial score (nSPS) is 11.8. The van der Waals surface area contributed by atoms with Crippen LogP contribution in [0.25, 0.3) is 10.8 Å². The first-order chi connectivity index (χ1) is 12.1. The van der Waals surface area contributed by atoms with Crippen LogP contribution in [0.4, 0.5) is 5.69 Å². The molecule has 0 bridgehead atoms. The van der Waals surface area contributed by atoms with Gasteiger partial charge in [-0.1, -0.05) is 52.3 Å². The van der Waals surface area contributed by atoms with E-state index in [1.54, 1.807) is 25.1 Å². The molecule has 0 saturated carbocycles. The van der Waals surface area contributed by atoms with Crippen molar-refractivity contribution in [2.24, 2.45) is 0 Å². The number of benzene rings is 3. The minimum atomic E-state index is -0.751. The van der Waals surface area contributed by atoms with Crippen LogP contribution in [-0.2, 0) is 4.79 Å². The van der Waals surface area contributed by atoms with Gasteiger partial charge in [0.2, 0.25) is 0 Å². The molecule has 126 valence electrons. The minimum Gasteiger partial charge on any atom is -0.480 e. The summed E-state index contributed by atoms with van der Waals surface area (Å²) in [6, 6.07) is 18.6. The van der Waals surface area contributed by atoms with E-state index in [2.05, 4.69) is 21.2 Å². The highest BCUT2D eigenvalue weighted by molar-refractivity contribution is 9.10. The molecule has 3 rings (SSSR count). The summed E-state index contributed by atoms with van der Waals surface area (Å²) >= 11 is 3.31. The summed E-state index contributed by atoms with van der Waals surface area (Å²) < 4.78 is 6.45. The third-order valence-electron chi connectivity index (χ3n) is 3.82. The zero-order valence-electron chi connectivity index (χ0n) is 13.5. The van der Waals surface area contributed by atoms with Crippen molar-refractivity contribution in [1.82, 2.24) is 0 Å². The van der Waals surface area contributed by atoms with Gasteiger partial charge >= 0.3 is 0 Å². The number of amides is 1. The predicted octanol–water partition coefficient (Wildman–Crippen LogP) is 4.82. The van der Waals surface area contributed by atoms with Gasteiger partial charge in [-0.2, -0.15) is 0 Å². The van der Waals surface area contributed by atoms with Crippen LogP contribution in [0.5, 0.6) is 5.75 Å². The van der Waals surface area contributed by atoms with Crippen molar-refractivity contribution < 1.29 is 14.3 Å². The fraction of sp³-hybridized carbons (Fsp3) is 0.100. The fourth-order valence-electron chi connectivity index (χ4n) is 2.53. The van der Waals surface area contributed by atoms with Gasteiger partial charge in [0.15, 0.2) is 12.4 Å². The average Bonchev–Trinajstić information content (AvgIpc) is 2.63. The first kappa shape index (κ1) is 17.2. The molecule has 0 aliphatic heterocycles. The van der Waals surface area contributed by atoms with Gasteiger partial charge in [-0.05, 0) is 36.6 Å². The number of carbonyl (C=O) groups excluding carboxylic acids is 2. The Kier molecular flexibility index (Phi) is 5.14. The zero-order chi connectivity index (χ0) is 17.8. The molecule has 0 saturated heterocycles. The van der Waals surface area contributed by atoms with Crippen LogP contribution in [-0.4, -0.2) is 18.3 Å². The Balaban J connectivity index is 1.78. The van der Waals surface area contributed by atoms with E-state index >= 15 is 0 Å². The molecule has 5 heteroatoms. The second-order valence-corrected chi connectivity index (χ2v) is 6.49. The number of hydrogen-bond acceptors (Lipinski definition) is 3. The fourth-order valence-corrected chi connectivity index (χ4v) is 2.91. The molecule has 25 heavy (non-hydrogen) atoms. The summed E-state index contributed by atoms with van der Waals surface area (Å²) in [4.78, 5) is 23.7. The number of anilines is 1. The van der Waals surface area contributed by atoms with E-state index in [0.29, 0.717) is 17.6 Å². The van der Waals surface area contributed by atoms with Gasteiger partial charge in [0.05, 0.1) is 5.56 Å². The van der Waals surface area contributed by atoms with E-state index in [4.69, 9.17) is 4.74 Å². The molecule has 1 amide bonds. The molecule has 0 heterocycles. The number of halogens is 1. The van der Waals surface area contributed by atoms with Crippen molar-refractivity contribution in [3.63, 3.8) is 0 Å². The molecule has 1 atom stereocenters. The van der Waals surface area contributed by atoms with Gasteiger partial charge in [-0.25, -0.2) is 0 Å². The summed E-state index contributed by atoms with van der Waals surface area (Å²) in [7, 11) is 0. The molecule has 3 aromatic rings. The highest BCUT2D eigenvalue weighted by Gasteiger charge is 2.17. The average molecular weight is 398 g/mol. The van der Waals surface area contributed by atoms with Crippen LogP contribution < -0.4 is 10.1 Å². The third kappa shape index (κ3) is 3.88.